The molecule has 86 valence electrons. The molecule has 2 fully saturated rings. The van der Waals surface area contributed by atoms with Gasteiger partial charge in [0.15, 0.2) is 0 Å². The molecular weight excluding hydrogens is 192 g/mol. The Balaban J connectivity index is 1.66. The molecule has 4 nitrogen and oxygen atoms in total. The minimum Gasteiger partial charge on any atom is -0.316 e. The molecule has 1 N–H and O–H groups in total. The van der Waals surface area contributed by atoms with Crippen molar-refractivity contribution < 1.29 is 9.63 Å². The van der Waals surface area contributed by atoms with Crippen LogP contribution in [0.3, 0.4) is 0 Å². The van der Waals surface area contributed by atoms with Gasteiger partial charge in [-0.2, -0.15) is 0 Å². The van der Waals surface area contributed by atoms with E-state index in [9.17, 15) is 4.79 Å². The third-order valence-electron chi connectivity index (χ3n) is 3.21. The molecule has 0 aromatic carbocycles. The van der Waals surface area contributed by atoms with Crippen molar-refractivity contribution in [3.05, 3.63) is 0 Å². The Morgan fingerprint density at radius 1 is 1.47 bits per heavy atom. The molecule has 2 aliphatic heterocycles. The van der Waals surface area contributed by atoms with Crippen LogP contribution in [0.25, 0.3) is 0 Å². The normalized spacial score (nSPS) is 26.9. The van der Waals surface area contributed by atoms with E-state index in [4.69, 9.17) is 4.84 Å². The SMILES string of the molecule is O=C(CCC1CCNC1)N1CCCCO1. The largest absolute Gasteiger partial charge is 0.316 e. The van der Waals surface area contributed by atoms with Gasteiger partial charge < -0.3 is 5.32 Å². The van der Waals surface area contributed by atoms with E-state index in [1.807, 2.05) is 0 Å². The van der Waals surface area contributed by atoms with Crippen LogP contribution in [-0.4, -0.2) is 37.2 Å². The number of carbonyl (C=O) groups is 1. The van der Waals surface area contributed by atoms with Crippen molar-refractivity contribution >= 4 is 5.91 Å². The van der Waals surface area contributed by atoms with E-state index >= 15 is 0 Å². The van der Waals surface area contributed by atoms with Gasteiger partial charge >= 0.3 is 0 Å². The minimum atomic E-state index is 0.168. The lowest BCUT2D eigenvalue weighted by atomic mass is 10.0. The topological polar surface area (TPSA) is 41.6 Å². The van der Waals surface area contributed by atoms with Gasteiger partial charge in [-0.05, 0) is 44.7 Å². The van der Waals surface area contributed by atoms with E-state index in [-0.39, 0.29) is 5.91 Å². The average molecular weight is 212 g/mol. The summed E-state index contributed by atoms with van der Waals surface area (Å²) in [6, 6.07) is 0. The molecule has 0 saturated carbocycles. The zero-order valence-electron chi connectivity index (χ0n) is 9.21. The number of nitrogens with zero attached hydrogens (tertiary/aromatic N) is 1. The highest BCUT2D eigenvalue weighted by molar-refractivity contribution is 5.75. The Morgan fingerprint density at radius 3 is 3.07 bits per heavy atom. The number of hydrogen-bond donors (Lipinski definition) is 1. The Bertz CT molecular complexity index is 209. The molecule has 15 heavy (non-hydrogen) atoms. The Kier molecular flexibility index (Phi) is 3.97. The number of nitrogens with one attached hydrogen (secondary N) is 1. The van der Waals surface area contributed by atoms with Gasteiger partial charge in [0.1, 0.15) is 0 Å². The predicted octanol–water partition coefficient (Wildman–Crippen LogP) is 0.930. The van der Waals surface area contributed by atoms with Crippen LogP contribution in [0.4, 0.5) is 0 Å². The van der Waals surface area contributed by atoms with E-state index in [2.05, 4.69) is 5.32 Å². The molecule has 0 aromatic rings. The molecule has 0 aliphatic carbocycles. The second kappa shape index (κ2) is 5.47. The van der Waals surface area contributed by atoms with Crippen LogP contribution in [0, 0.1) is 5.92 Å². The Hall–Kier alpha value is -0.610. The molecule has 4 heteroatoms. The number of rotatable bonds is 3. The maximum atomic E-state index is 11.7. The first-order chi connectivity index (χ1) is 7.36. The van der Waals surface area contributed by atoms with Crippen molar-refractivity contribution in [1.29, 1.82) is 0 Å². The monoisotopic (exact) mass is 212 g/mol. The summed E-state index contributed by atoms with van der Waals surface area (Å²) >= 11 is 0. The molecule has 2 rings (SSSR count). The molecule has 1 unspecified atom stereocenters. The standard InChI is InChI=1S/C11H20N2O2/c14-11(13-7-1-2-8-15-13)4-3-10-5-6-12-9-10/h10,12H,1-9H2. The lowest BCUT2D eigenvalue weighted by molar-refractivity contribution is -0.197. The maximum absolute atomic E-state index is 11.7. The smallest absolute Gasteiger partial charge is 0.246 e. The van der Waals surface area contributed by atoms with E-state index in [0.717, 1.165) is 38.9 Å². The second-order valence-corrected chi connectivity index (χ2v) is 4.43. The molecule has 0 radical (unpaired) electrons. The van der Waals surface area contributed by atoms with Gasteiger partial charge in [-0.3, -0.25) is 9.63 Å². The summed E-state index contributed by atoms with van der Waals surface area (Å²) in [6.45, 7) is 3.67. The Morgan fingerprint density at radius 2 is 2.40 bits per heavy atom. The first-order valence-electron chi connectivity index (χ1n) is 6.00. The summed E-state index contributed by atoms with van der Waals surface area (Å²) in [5, 5.41) is 4.88. The first kappa shape index (κ1) is 10.9. The van der Waals surface area contributed by atoms with E-state index in [0.29, 0.717) is 18.9 Å². The highest BCUT2D eigenvalue weighted by atomic mass is 16.7. The van der Waals surface area contributed by atoms with Gasteiger partial charge in [-0.15, -0.1) is 0 Å². The Labute approximate surface area is 90.9 Å². The maximum Gasteiger partial charge on any atom is 0.246 e. The van der Waals surface area contributed by atoms with E-state index in [1.165, 1.54) is 6.42 Å². The summed E-state index contributed by atoms with van der Waals surface area (Å²) in [6.07, 6.45) is 5.03. The third-order valence-corrected chi connectivity index (χ3v) is 3.21. The van der Waals surface area contributed by atoms with Gasteiger partial charge in [0.05, 0.1) is 6.61 Å². The van der Waals surface area contributed by atoms with Crippen molar-refractivity contribution in [2.75, 3.05) is 26.2 Å². The van der Waals surface area contributed by atoms with Crippen LogP contribution in [0.5, 0.6) is 0 Å². The highest BCUT2D eigenvalue weighted by Crippen LogP contribution is 2.16. The fourth-order valence-corrected chi connectivity index (χ4v) is 2.21. The minimum absolute atomic E-state index is 0.168. The highest BCUT2D eigenvalue weighted by Gasteiger charge is 2.20. The van der Waals surface area contributed by atoms with Crippen molar-refractivity contribution in [1.82, 2.24) is 10.4 Å². The summed E-state index contributed by atoms with van der Waals surface area (Å²) in [7, 11) is 0. The lowest BCUT2D eigenvalue weighted by Gasteiger charge is -2.26. The fourth-order valence-electron chi connectivity index (χ4n) is 2.21. The zero-order valence-corrected chi connectivity index (χ0v) is 9.21. The van der Waals surface area contributed by atoms with Crippen LogP contribution in [-0.2, 0) is 9.63 Å². The number of amides is 1. The van der Waals surface area contributed by atoms with Crippen LogP contribution in [0.1, 0.15) is 32.1 Å². The van der Waals surface area contributed by atoms with Crippen LogP contribution in [0.15, 0.2) is 0 Å². The number of hydrogen-bond acceptors (Lipinski definition) is 3. The molecule has 0 aromatic heterocycles. The van der Waals surface area contributed by atoms with E-state index in [1.54, 1.807) is 5.06 Å². The number of hydroxylamine groups is 2. The summed E-state index contributed by atoms with van der Waals surface area (Å²) in [4.78, 5) is 17.1. The predicted molar refractivity (Wildman–Crippen MR) is 57.1 cm³/mol. The van der Waals surface area contributed by atoms with Gasteiger partial charge in [0.25, 0.3) is 0 Å². The second-order valence-electron chi connectivity index (χ2n) is 4.43. The summed E-state index contributed by atoms with van der Waals surface area (Å²) in [5.74, 6) is 0.861. The van der Waals surface area contributed by atoms with Crippen LogP contribution in [0.2, 0.25) is 0 Å². The van der Waals surface area contributed by atoms with Gasteiger partial charge in [-0.25, -0.2) is 5.06 Å². The molecular formula is C11H20N2O2. The summed E-state index contributed by atoms with van der Waals surface area (Å²) < 4.78 is 0. The zero-order chi connectivity index (χ0) is 10.5. The van der Waals surface area contributed by atoms with Gasteiger partial charge in [0, 0.05) is 13.0 Å². The fraction of sp³-hybridized carbons (Fsp3) is 0.909. The van der Waals surface area contributed by atoms with Crippen LogP contribution < -0.4 is 5.32 Å². The van der Waals surface area contributed by atoms with Crippen molar-refractivity contribution in [3.63, 3.8) is 0 Å². The molecule has 1 atom stereocenters. The van der Waals surface area contributed by atoms with E-state index < -0.39 is 0 Å². The summed E-state index contributed by atoms with van der Waals surface area (Å²) in [5.41, 5.74) is 0. The quantitative estimate of drug-likeness (QED) is 0.756. The molecule has 0 spiro atoms. The van der Waals surface area contributed by atoms with Crippen molar-refractivity contribution in [2.45, 2.75) is 32.1 Å². The van der Waals surface area contributed by atoms with Crippen molar-refractivity contribution in [2.24, 2.45) is 5.92 Å². The molecule has 0 bridgehead atoms. The third kappa shape index (κ3) is 3.18. The molecule has 1 amide bonds. The molecule has 2 aliphatic rings. The molecule has 2 saturated heterocycles. The van der Waals surface area contributed by atoms with Gasteiger partial charge in [-0.1, -0.05) is 0 Å². The number of carbonyl (C=O) groups excluding carboxylic acids is 1. The molecule has 2 heterocycles. The van der Waals surface area contributed by atoms with Gasteiger partial charge in [0.2, 0.25) is 5.91 Å². The van der Waals surface area contributed by atoms with Crippen molar-refractivity contribution in [3.8, 4) is 0 Å². The first-order valence-corrected chi connectivity index (χ1v) is 6.00. The van der Waals surface area contributed by atoms with Crippen LogP contribution >= 0.6 is 0 Å². The average Bonchev–Trinajstić information content (AvgIpc) is 2.80. The lowest BCUT2D eigenvalue weighted by Crippen LogP contribution is -2.35.